The van der Waals surface area contributed by atoms with Gasteiger partial charge < -0.3 is 20.3 Å². The van der Waals surface area contributed by atoms with Crippen molar-refractivity contribution in [2.24, 2.45) is 11.7 Å². The second-order valence-electron chi connectivity index (χ2n) is 6.08. The molecule has 2 heterocycles. The van der Waals surface area contributed by atoms with Gasteiger partial charge in [-0.05, 0) is 30.9 Å². The zero-order valence-corrected chi connectivity index (χ0v) is 12.7. The quantitative estimate of drug-likeness (QED) is 0.916. The maximum Gasteiger partial charge on any atom is 0.248 e. The zero-order valence-electron chi connectivity index (χ0n) is 12.7. The van der Waals surface area contributed by atoms with Crippen LogP contribution in [0.5, 0.6) is 0 Å². The van der Waals surface area contributed by atoms with Gasteiger partial charge in [0.25, 0.3) is 0 Å². The van der Waals surface area contributed by atoms with Gasteiger partial charge in [-0.25, -0.2) is 0 Å². The van der Waals surface area contributed by atoms with Gasteiger partial charge in [0.15, 0.2) is 0 Å². The molecule has 0 saturated carbocycles. The van der Waals surface area contributed by atoms with E-state index in [9.17, 15) is 4.79 Å². The highest BCUT2D eigenvalue weighted by molar-refractivity contribution is 6.04. The highest BCUT2D eigenvalue weighted by atomic mass is 16.5. The van der Waals surface area contributed by atoms with Crippen molar-refractivity contribution < 1.29 is 9.53 Å². The number of likely N-dealkylation sites (N-methyl/N-ethyl adjacent to an activating group) is 1. The molecule has 2 atom stereocenters. The average molecular weight is 289 g/mol. The molecule has 2 aliphatic rings. The maximum atomic E-state index is 11.9. The average Bonchev–Trinajstić information content (AvgIpc) is 2.73. The van der Waals surface area contributed by atoms with Crippen LogP contribution in [0.15, 0.2) is 18.2 Å². The molecule has 0 bridgehead atoms. The Kier molecular flexibility index (Phi) is 3.87. The van der Waals surface area contributed by atoms with Gasteiger partial charge in [0, 0.05) is 38.5 Å². The molecule has 2 N–H and O–H groups in total. The van der Waals surface area contributed by atoms with Crippen molar-refractivity contribution >= 4 is 17.3 Å². The lowest BCUT2D eigenvalue weighted by Crippen LogP contribution is -2.31. The van der Waals surface area contributed by atoms with Crippen molar-refractivity contribution in [2.75, 3.05) is 43.7 Å². The van der Waals surface area contributed by atoms with E-state index >= 15 is 0 Å². The number of nitrogens with zero attached hydrogens (tertiary/aromatic N) is 2. The van der Waals surface area contributed by atoms with Crippen molar-refractivity contribution in [1.29, 1.82) is 0 Å². The Bertz CT molecular complexity index is 540. The molecule has 2 aliphatic heterocycles. The number of nitrogens with two attached hydrogens (primary N) is 1. The van der Waals surface area contributed by atoms with Crippen LogP contribution >= 0.6 is 0 Å². The fourth-order valence-electron chi connectivity index (χ4n) is 3.23. The number of hydrogen-bond donors (Lipinski definition) is 1. The summed E-state index contributed by atoms with van der Waals surface area (Å²) >= 11 is 0. The molecule has 1 amide bonds. The topological polar surface area (TPSA) is 58.8 Å². The zero-order chi connectivity index (χ0) is 15.0. The summed E-state index contributed by atoms with van der Waals surface area (Å²) in [4.78, 5) is 15.8. The van der Waals surface area contributed by atoms with E-state index in [0.29, 0.717) is 5.92 Å². The van der Waals surface area contributed by atoms with Gasteiger partial charge in [-0.1, -0.05) is 6.07 Å². The van der Waals surface area contributed by atoms with E-state index in [1.165, 1.54) is 6.42 Å². The molecule has 2 unspecified atom stereocenters. The summed E-state index contributed by atoms with van der Waals surface area (Å²) in [5.41, 5.74) is 8.90. The predicted molar refractivity (Wildman–Crippen MR) is 83.6 cm³/mol. The Labute approximate surface area is 125 Å². The van der Waals surface area contributed by atoms with Crippen LogP contribution in [-0.2, 0) is 9.53 Å². The van der Waals surface area contributed by atoms with Crippen molar-refractivity contribution in [3.63, 3.8) is 0 Å². The molecule has 1 fully saturated rings. The van der Waals surface area contributed by atoms with E-state index in [1.807, 2.05) is 6.07 Å². The molecule has 1 aromatic rings. The van der Waals surface area contributed by atoms with Gasteiger partial charge in [-0.15, -0.1) is 0 Å². The fourth-order valence-corrected chi connectivity index (χ4v) is 3.23. The van der Waals surface area contributed by atoms with Crippen molar-refractivity contribution in [1.82, 2.24) is 0 Å². The number of carbonyl (C=O) groups is 1. The number of carbonyl (C=O) groups excluding carboxylic acids is 1. The SMILES string of the molecule is CN(CC1CCCOC1)c1ccc2c(c1)N(C)C(=O)C2N. The summed E-state index contributed by atoms with van der Waals surface area (Å²) < 4.78 is 5.54. The van der Waals surface area contributed by atoms with Crippen LogP contribution in [0.3, 0.4) is 0 Å². The number of ether oxygens (including phenoxy) is 1. The number of rotatable bonds is 3. The molecule has 0 spiro atoms. The molecular formula is C16H23N3O2. The molecule has 3 rings (SSSR count). The second kappa shape index (κ2) is 5.66. The van der Waals surface area contributed by atoms with Crippen LogP contribution < -0.4 is 15.5 Å². The number of hydrogen-bond acceptors (Lipinski definition) is 4. The monoisotopic (exact) mass is 289 g/mol. The lowest BCUT2D eigenvalue weighted by atomic mass is 10.0. The minimum absolute atomic E-state index is 0.0366. The minimum atomic E-state index is -0.517. The highest BCUT2D eigenvalue weighted by Gasteiger charge is 2.32. The first-order valence-electron chi connectivity index (χ1n) is 7.54. The molecule has 0 aliphatic carbocycles. The van der Waals surface area contributed by atoms with Gasteiger partial charge >= 0.3 is 0 Å². The number of amides is 1. The summed E-state index contributed by atoms with van der Waals surface area (Å²) in [6.07, 6.45) is 2.37. The van der Waals surface area contributed by atoms with Crippen LogP contribution in [0, 0.1) is 5.92 Å². The predicted octanol–water partition coefficient (Wildman–Crippen LogP) is 1.53. The number of benzene rings is 1. The molecule has 0 radical (unpaired) electrons. The van der Waals surface area contributed by atoms with Crippen molar-refractivity contribution in [3.8, 4) is 0 Å². The second-order valence-corrected chi connectivity index (χ2v) is 6.08. The molecule has 5 heteroatoms. The lowest BCUT2D eigenvalue weighted by Gasteiger charge is -2.29. The molecule has 5 nitrogen and oxygen atoms in total. The van der Waals surface area contributed by atoms with Gasteiger partial charge in [0.1, 0.15) is 6.04 Å². The van der Waals surface area contributed by atoms with E-state index in [1.54, 1.807) is 11.9 Å². The first kappa shape index (κ1) is 14.4. The van der Waals surface area contributed by atoms with E-state index in [-0.39, 0.29) is 5.91 Å². The van der Waals surface area contributed by atoms with Crippen LogP contribution in [0.4, 0.5) is 11.4 Å². The molecule has 21 heavy (non-hydrogen) atoms. The normalized spacial score (nSPS) is 25.1. The van der Waals surface area contributed by atoms with Crippen LogP contribution in [0.2, 0.25) is 0 Å². The van der Waals surface area contributed by atoms with E-state index in [0.717, 1.165) is 43.1 Å². The van der Waals surface area contributed by atoms with E-state index in [2.05, 4.69) is 24.1 Å². The lowest BCUT2D eigenvalue weighted by molar-refractivity contribution is -0.118. The fraction of sp³-hybridized carbons (Fsp3) is 0.562. The summed E-state index contributed by atoms with van der Waals surface area (Å²) in [6, 6.07) is 5.57. The minimum Gasteiger partial charge on any atom is -0.381 e. The highest BCUT2D eigenvalue weighted by Crippen LogP contribution is 2.36. The van der Waals surface area contributed by atoms with Gasteiger partial charge in [-0.2, -0.15) is 0 Å². The van der Waals surface area contributed by atoms with Crippen LogP contribution in [-0.4, -0.2) is 39.8 Å². The molecular weight excluding hydrogens is 266 g/mol. The maximum absolute atomic E-state index is 11.9. The Morgan fingerprint density at radius 3 is 3.00 bits per heavy atom. The largest absolute Gasteiger partial charge is 0.381 e. The Hall–Kier alpha value is -1.59. The van der Waals surface area contributed by atoms with Gasteiger partial charge in [0.05, 0.1) is 12.3 Å². The molecule has 114 valence electrons. The van der Waals surface area contributed by atoms with E-state index < -0.39 is 6.04 Å². The number of fused-ring (bicyclic) bond motifs is 1. The van der Waals surface area contributed by atoms with Crippen LogP contribution in [0.1, 0.15) is 24.4 Å². The Balaban J connectivity index is 1.76. The first-order chi connectivity index (χ1) is 10.1. The van der Waals surface area contributed by atoms with Crippen molar-refractivity contribution in [3.05, 3.63) is 23.8 Å². The van der Waals surface area contributed by atoms with Crippen molar-refractivity contribution in [2.45, 2.75) is 18.9 Å². The smallest absolute Gasteiger partial charge is 0.248 e. The summed E-state index contributed by atoms with van der Waals surface area (Å²) in [5, 5.41) is 0. The summed E-state index contributed by atoms with van der Waals surface area (Å²) in [7, 11) is 3.87. The Morgan fingerprint density at radius 1 is 1.48 bits per heavy atom. The third-order valence-corrected chi connectivity index (χ3v) is 4.53. The van der Waals surface area contributed by atoms with Crippen LogP contribution in [0.25, 0.3) is 0 Å². The van der Waals surface area contributed by atoms with E-state index in [4.69, 9.17) is 10.5 Å². The summed E-state index contributed by atoms with van der Waals surface area (Å²) in [5.74, 6) is 0.545. The van der Waals surface area contributed by atoms with Gasteiger partial charge in [-0.3, -0.25) is 4.79 Å². The first-order valence-corrected chi connectivity index (χ1v) is 7.54. The third kappa shape index (κ3) is 2.63. The molecule has 1 aromatic carbocycles. The standard InChI is InChI=1S/C16H23N3O2/c1-18(9-11-4-3-7-21-10-11)12-5-6-13-14(8-12)19(2)16(20)15(13)17/h5-6,8,11,15H,3-4,7,9-10,17H2,1-2H3. The summed E-state index contributed by atoms with van der Waals surface area (Å²) in [6.45, 7) is 2.71. The third-order valence-electron chi connectivity index (χ3n) is 4.53. The van der Waals surface area contributed by atoms with Gasteiger partial charge in [0.2, 0.25) is 5.91 Å². The number of anilines is 2. The Morgan fingerprint density at radius 2 is 2.29 bits per heavy atom. The molecule has 0 aromatic heterocycles. The molecule has 1 saturated heterocycles.